The van der Waals surface area contributed by atoms with Gasteiger partial charge in [-0.05, 0) is 81.8 Å². The molecular weight excluding hydrogens is 509 g/mol. The average Bonchev–Trinajstić information content (AvgIpc) is 3.14. The molecule has 1 atom stereocenters. The van der Waals surface area contributed by atoms with Crippen LogP contribution in [0, 0.1) is 5.82 Å². The summed E-state index contributed by atoms with van der Waals surface area (Å²) in [7, 11) is 0. The van der Waals surface area contributed by atoms with Gasteiger partial charge < -0.3 is 14.6 Å². The number of anilines is 1. The Morgan fingerprint density at radius 3 is 2.67 bits per heavy atom. The number of benzene rings is 2. The molecule has 0 unspecified atom stereocenters. The van der Waals surface area contributed by atoms with Crippen LogP contribution in [0.15, 0.2) is 40.9 Å². The zero-order chi connectivity index (χ0) is 23.3. The van der Waals surface area contributed by atoms with Gasteiger partial charge in [-0.1, -0.05) is 27.5 Å². The van der Waals surface area contributed by atoms with Gasteiger partial charge in [-0.25, -0.2) is 9.37 Å². The van der Waals surface area contributed by atoms with Crippen LogP contribution in [0.5, 0.6) is 0 Å². The fourth-order valence-corrected chi connectivity index (χ4v) is 5.79. The summed E-state index contributed by atoms with van der Waals surface area (Å²) in [6.45, 7) is 1.90. The molecule has 2 fully saturated rings. The average molecular weight is 535 g/mol. The largest absolute Gasteiger partial charge is 0.390 e. The highest BCUT2D eigenvalue weighted by Crippen LogP contribution is 2.42. The molecular formula is C25H26BrClFN3O2. The Hall–Kier alpha value is -1.96. The molecule has 1 aliphatic carbocycles. The first kappa shape index (κ1) is 22.8. The van der Waals surface area contributed by atoms with E-state index < -0.39 is 11.4 Å². The summed E-state index contributed by atoms with van der Waals surface area (Å²) in [5, 5.41) is 10.5. The van der Waals surface area contributed by atoms with E-state index in [1.807, 2.05) is 19.1 Å². The Morgan fingerprint density at radius 2 is 1.94 bits per heavy atom. The van der Waals surface area contributed by atoms with Crippen LogP contribution in [0.2, 0.25) is 5.02 Å². The van der Waals surface area contributed by atoms with Crippen LogP contribution in [0.4, 0.5) is 10.1 Å². The minimum atomic E-state index is -0.645. The lowest BCUT2D eigenvalue weighted by atomic mass is 9.83. The number of carbonyl (C=O) groups is 1. The molecule has 8 heteroatoms. The van der Waals surface area contributed by atoms with Crippen molar-refractivity contribution in [2.75, 3.05) is 4.90 Å². The topological polar surface area (TPSA) is 58.4 Å². The van der Waals surface area contributed by atoms with Crippen LogP contribution in [0.25, 0.3) is 11.0 Å². The first-order valence-electron chi connectivity index (χ1n) is 11.4. The predicted molar refractivity (Wildman–Crippen MR) is 131 cm³/mol. The number of rotatable bonds is 3. The fraction of sp³-hybridized carbons (Fsp3) is 0.440. The van der Waals surface area contributed by atoms with E-state index in [-0.39, 0.29) is 23.0 Å². The molecule has 33 heavy (non-hydrogen) atoms. The van der Waals surface area contributed by atoms with Crippen LogP contribution in [0.1, 0.15) is 69.8 Å². The molecule has 0 radical (unpaired) electrons. The summed E-state index contributed by atoms with van der Waals surface area (Å²) < 4.78 is 17.1. The number of hydrogen-bond acceptors (Lipinski definition) is 3. The van der Waals surface area contributed by atoms with Gasteiger partial charge in [0.05, 0.1) is 27.7 Å². The number of amides is 1. The van der Waals surface area contributed by atoms with Gasteiger partial charge in [-0.2, -0.15) is 0 Å². The van der Waals surface area contributed by atoms with Gasteiger partial charge in [0.1, 0.15) is 11.6 Å². The highest BCUT2D eigenvalue weighted by atomic mass is 79.9. The predicted octanol–water partition coefficient (Wildman–Crippen LogP) is 6.72. The molecule has 5 rings (SSSR count). The van der Waals surface area contributed by atoms with Crippen molar-refractivity contribution in [1.82, 2.24) is 9.55 Å². The molecule has 5 nitrogen and oxygen atoms in total. The lowest BCUT2D eigenvalue weighted by Gasteiger charge is -2.38. The van der Waals surface area contributed by atoms with Crippen LogP contribution in [-0.2, 0) is 4.79 Å². The highest BCUT2D eigenvalue weighted by molar-refractivity contribution is 9.10. The van der Waals surface area contributed by atoms with Gasteiger partial charge in [0, 0.05) is 22.6 Å². The van der Waals surface area contributed by atoms with Gasteiger partial charge in [0.25, 0.3) is 0 Å². The van der Waals surface area contributed by atoms with E-state index in [1.165, 1.54) is 12.1 Å². The second-order valence-electron chi connectivity index (χ2n) is 9.47. The smallest absolute Gasteiger partial charge is 0.227 e. The van der Waals surface area contributed by atoms with E-state index in [2.05, 4.69) is 26.6 Å². The molecule has 1 saturated carbocycles. The molecule has 1 aliphatic heterocycles. The Bertz CT molecular complexity index is 1220. The Kier molecular flexibility index (Phi) is 6.00. The summed E-state index contributed by atoms with van der Waals surface area (Å²) in [4.78, 5) is 19.9. The van der Waals surface area contributed by atoms with Crippen LogP contribution < -0.4 is 4.90 Å². The maximum Gasteiger partial charge on any atom is 0.227 e. The third kappa shape index (κ3) is 4.31. The minimum Gasteiger partial charge on any atom is -0.390 e. The van der Waals surface area contributed by atoms with E-state index in [0.29, 0.717) is 24.9 Å². The van der Waals surface area contributed by atoms with Crippen molar-refractivity contribution in [3.8, 4) is 0 Å². The van der Waals surface area contributed by atoms with Gasteiger partial charge in [0.15, 0.2) is 0 Å². The molecule has 2 heterocycles. The first-order chi connectivity index (χ1) is 15.7. The Labute approximate surface area is 205 Å². The van der Waals surface area contributed by atoms with Gasteiger partial charge in [0.2, 0.25) is 5.91 Å². The SMILES string of the molecule is C[C@]1(O)CC[C@@H](n2c([C@@H]3CCCC(=O)N3c3ccc(F)c(Cl)c3)nc3cc(Br)ccc32)CC1. The van der Waals surface area contributed by atoms with Crippen molar-refractivity contribution in [3.63, 3.8) is 0 Å². The second kappa shape index (κ2) is 8.67. The monoisotopic (exact) mass is 533 g/mol. The number of aliphatic hydroxyl groups is 1. The summed E-state index contributed by atoms with van der Waals surface area (Å²) in [6, 6.07) is 10.4. The van der Waals surface area contributed by atoms with Crippen LogP contribution >= 0.6 is 27.5 Å². The third-order valence-corrected chi connectivity index (χ3v) is 7.79. The number of nitrogens with zero attached hydrogens (tertiary/aromatic N) is 3. The molecule has 0 bridgehead atoms. The van der Waals surface area contributed by atoms with Gasteiger partial charge >= 0.3 is 0 Å². The summed E-state index contributed by atoms with van der Waals surface area (Å²) in [5.41, 5.74) is 1.83. The molecule has 1 amide bonds. The minimum absolute atomic E-state index is 0.00318. The number of piperidine rings is 1. The Morgan fingerprint density at radius 1 is 1.18 bits per heavy atom. The van der Waals surface area contributed by atoms with Crippen molar-refractivity contribution in [2.24, 2.45) is 0 Å². The van der Waals surface area contributed by atoms with Crippen molar-refractivity contribution in [1.29, 1.82) is 0 Å². The maximum atomic E-state index is 13.9. The summed E-state index contributed by atoms with van der Waals surface area (Å²) in [6.07, 6.45) is 5.07. The maximum absolute atomic E-state index is 13.9. The first-order valence-corrected chi connectivity index (χ1v) is 12.6. The lowest BCUT2D eigenvalue weighted by molar-refractivity contribution is -0.120. The molecule has 2 aromatic carbocycles. The zero-order valence-corrected chi connectivity index (χ0v) is 20.7. The van der Waals surface area contributed by atoms with E-state index in [9.17, 15) is 14.3 Å². The molecule has 1 N–H and O–H groups in total. The number of aromatic nitrogens is 2. The highest BCUT2D eigenvalue weighted by Gasteiger charge is 2.37. The van der Waals surface area contributed by atoms with E-state index in [1.54, 1.807) is 11.0 Å². The molecule has 1 saturated heterocycles. The normalized spacial score (nSPS) is 26.2. The molecule has 174 valence electrons. The quantitative estimate of drug-likeness (QED) is 0.406. The summed E-state index contributed by atoms with van der Waals surface area (Å²) >= 11 is 9.62. The fourth-order valence-electron chi connectivity index (χ4n) is 5.27. The standard InChI is InChI=1S/C25H26BrClFN3O2/c1-25(33)11-9-16(10-12-25)31-21-8-5-15(26)13-20(21)29-24(31)22-3-2-4-23(32)30(22)17-6-7-19(28)18(27)14-17/h5-8,13-14,16,22,33H,2-4,9-12H2,1H3/t16-,22-,25+/m0/s1. The lowest BCUT2D eigenvalue weighted by Crippen LogP contribution is -2.40. The Balaban J connectivity index is 1.64. The van der Waals surface area contributed by atoms with Gasteiger partial charge in [-0.15, -0.1) is 0 Å². The van der Waals surface area contributed by atoms with E-state index >= 15 is 0 Å². The molecule has 3 aromatic rings. The molecule has 1 aromatic heterocycles. The molecule has 2 aliphatic rings. The van der Waals surface area contributed by atoms with Crippen molar-refractivity contribution >= 4 is 50.2 Å². The number of imidazole rings is 1. The summed E-state index contributed by atoms with van der Waals surface area (Å²) in [5.74, 6) is 0.316. The number of carbonyl (C=O) groups excluding carboxylic acids is 1. The number of hydrogen-bond donors (Lipinski definition) is 1. The van der Waals surface area contributed by atoms with Crippen molar-refractivity contribution in [2.45, 2.75) is 69.6 Å². The second-order valence-corrected chi connectivity index (χ2v) is 10.8. The number of halogens is 3. The van der Waals surface area contributed by atoms with E-state index in [0.717, 1.165) is 47.0 Å². The number of fused-ring (bicyclic) bond motifs is 1. The third-order valence-electron chi connectivity index (χ3n) is 7.00. The van der Waals surface area contributed by atoms with Gasteiger partial charge in [-0.3, -0.25) is 4.79 Å². The zero-order valence-electron chi connectivity index (χ0n) is 18.4. The molecule has 0 spiro atoms. The van der Waals surface area contributed by atoms with Crippen LogP contribution in [-0.4, -0.2) is 26.2 Å². The van der Waals surface area contributed by atoms with Crippen LogP contribution in [0.3, 0.4) is 0 Å². The van der Waals surface area contributed by atoms with Crippen molar-refractivity contribution < 1.29 is 14.3 Å². The van der Waals surface area contributed by atoms with E-state index in [4.69, 9.17) is 16.6 Å². The van der Waals surface area contributed by atoms with Crippen molar-refractivity contribution in [3.05, 3.63) is 57.5 Å².